The van der Waals surface area contributed by atoms with Crippen molar-refractivity contribution in [3.05, 3.63) is 22.7 Å². The quantitative estimate of drug-likeness (QED) is 0.735. The summed E-state index contributed by atoms with van der Waals surface area (Å²) < 4.78 is 36.0. The van der Waals surface area contributed by atoms with E-state index in [1.807, 2.05) is 0 Å². The van der Waals surface area contributed by atoms with Gasteiger partial charge < -0.3 is 16.4 Å². The van der Waals surface area contributed by atoms with Crippen LogP contribution in [0.4, 0.5) is 29.3 Å². The fourth-order valence-electron chi connectivity index (χ4n) is 0.986. The smallest absolute Gasteiger partial charge is 0.399 e. The number of rotatable bonds is 2. The van der Waals surface area contributed by atoms with Gasteiger partial charge in [0.1, 0.15) is 6.54 Å². The van der Waals surface area contributed by atoms with E-state index in [-0.39, 0.29) is 0 Å². The lowest BCUT2D eigenvalue weighted by Gasteiger charge is -2.11. The van der Waals surface area contributed by atoms with E-state index in [2.05, 4.69) is 21.2 Å². The molecule has 0 heterocycles. The normalized spacial score (nSPS) is 11.1. The Kier molecular flexibility index (Phi) is 4.22. The largest absolute Gasteiger partial charge is 0.405 e. The summed E-state index contributed by atoms with van der Waals surface area (Å²) in [4.78, 5) is 11.1. The van der Waals surface area contributed by atoms with E-state index < -0.39 is 18.8 Å². The van der Waals surface area contributed by atoms with Gasteiger partial charge >= 0.3 is 12.2 Å². The number of hydrogen-bond acceptors (Lipinski definition) is 2. The SMILES string of the molecule is Nc1ccc(Br)c(NC(=O)NCC(F)(F)F)c1. The molecule has 0 atom stereocenters. The number of urea groups is 1. The van der Waals surface area contributed by atoms with E-state index in [1.54, 1.807) is 17.4 Å². The van der Waals surface area contributed by atoms with Gasteiger partial charge in [-0.25, -0.2) is 4.79 Å². The topological polar surface area (TPSA) is 67.1 Å². The predicted molar refractivity (Wildman–Crippen MR) is 61.6 cm³/mol. The van der Waals surface area contributed by atoms with Gasteiger partial charge in [-0.2, -0.15) is 13.2 Å². The highest BCUT2D eigenvalue weighted by atomic mass is 79.9. The molecule has 0 fully saturated rings. The van der Waals surface area contributed by atoms with Crippen molar-refractivity contribution in [2.75, 3.05) is 17.6 Å². The summed E-state index contributed by atoms with van der Waals surface area (Å²) in [5.41, 5.74) is 6.16. The van der Waals surface area contributed by atoms with Crippen molar-refractivity contribution >= 4 is 33.3 Å². The molecule has 0 saturated heterocycles. The lowest BCUT2D eigenvalue weighted by molar-refractivity contribution is -0.122. The molecule has 0 aliphatic heterocycles. The molecule has 0 spiro atoms. The minimum Gasteiger partial charge on any atom is -0.399 e. The van der Waals surface area contributed by atoms with Crippen molar-refractivity contribution in [3.8, 4) is 0 Å². The molecule has 4 nitrogen and oxygen atoms in total. The third-order valence-electron chi connectivity index (χ3n) is 1.69. The number of nitrogen functional groups attached to an aromatic ring is 1. The number of anilines is 2. The molecule has 0 aromatic heterocycles. The van der Waals surface area contributed by atoms with Crippen molar-refractivity contribution in [1.29, 1.82) is 0 Å². The summed E-state index contributed by atoms with van der Waals surface area (Å²) in [6.07, 6.45) is -4.44. The second-order valence-electron chi connectivity index (χ2n) is 3.16. The maximum absolute atomic E-state index is 11.8. The number of benzene rings is 1. The lowest BCUT2D eigenvalue weighted by atomic mass is 10.3. The van der Waals surface area contributed by atoms with Crippen LogP contribution in [0.15, 0.2) is 22.7 Å². The lowest BCUT2D eigenvalue weighted by Crippen LogP contribution is -2.36. The summed E-state index contributed by atoms with van der Waals surface area (Å²) in [7, 11) is 0. The van der Waals surface area contributed by atoms with Crippen LogP contribution in [0.2, 0.25) is 0 Å². The molecular weight excluding hydrogens is 303 g/mol. The molecule has 0 aliphatic carbocycles. The predicted octanol–water partition coefficient (Wildman–Crippen LogP) is 2.72. The molecule has 0 unspecified atom stereocenters. The van der Waals surface area contributed by atoms with E-state index in [4.69, 9.17) is 5.73 Å². The number of carbonyl (C=O) groups excluding carboxylic acids is 1. The third kappa shape index (κ3) is 4.94. The van der Waals surface area contributed by atoms with Gasteiger partial charge in [0.2, 0.25) is 0 Å². The molecule has 1 aromatic rings. The summed E-state index contributed by atoms with van der Waals surface area (Å²) in [6.45, 7) is -1.39. The summed E-state index contributed by atoms with van der Waals surface area (Å²) in [5, 5.41) is 3.93. The maximum atomic E-state index is 11.8. The number of carbonyl (C=O) groups is 1. The van der Waals surface area contributed by atoms with Crippen LogP contribution in [-0.4, -0.2) is 18.8 Å². The molecule has 17 heavy (non-hydrogen) atoms. The summed E-state index contributed by atoms with van der Waals surface area (Å²) >= 11 is 3.13. The minimum atomic E-state index is -4.44. The van der Waals surface area contributed by atoms with Crippen molar-refractivity contribution in [1.82, 2.24) is 5.32 Å². The van der Waals surface area contributed by atoms with Gasteiger partial charge in [0.15, 0.2) is 0 Å². The Bertz CT molecular complexity index is 422. The molecular formula is C9H9BrF3N3O. The standard InChI is InChI=1S/C9H9BrF3N3O/c10-6-2-1-5(14)3-7(6)16-8(17)15-4-9(11,12)13/h1-3H,4,14H2,(H2,15,16,17). The fraction of sp³-hybridized carbons (Fsp3) is 0.222. The number of amides is 2. The van der Waals surface area contributed by atoms with Crippen LogP contribution in [0.3, 0.4) is 0 Å². The van der Waals surface area contributed by atoms with Crippen LogP contribution in [0.25, 0.3) is 0 Å². The van der Waals surface area contributed by atoms with Crippen molar-refractivity contribution < 1.29 is 18.0 Å². The van der Waals surface area contributed by atoms with Crippen LogP contribution in [0.1, 0.15) is 0 Å². The second kappa shape index (κ2) is 5.26. The Morgan fingerprint density at radius 3 is 2.65 bits per heavy atom. The van der Waals surface area contributed by atoms with Gasteiger partial charge in [-0.1, -0.05) is 0 Å². The fourth-order valence-corrected chi connectivity index (χ4v) is 1.33. The van der Waals surface area contributed by atoms with E-state index in [9.17, 15) is 18.0 Å². The average Bonchev–Trinajstić information content (AvgIpc) is 2.20. The molecule has 0 saturated carbocycles. The number of nitrogens with one attached hydrogen (secondary N) is 2. The Morgan fingerprint density at radius 2 is 2.06 bits per heavy atom. The number of nitrogens with two attached hydrogens (primary N) is 1. The van der Waals surface area contributed by atoms with Gasteiger partial charge in [-0.15, -0.1) is 0 Å². The molecule has 0 radical (unpaired) electrons. The van der Waals surface area contributed by atoms with Crippen LogP contribution in [0.5, 0.6) is 0 Å². The minimum absolute atomic E-state index is 0.296. The number of alkyl halides is 3. The van der Waals surface area contributed by atoms with Crippen molar-refractivity contribution in [3.63, 3.8) is 0 Å². The molecule has 1 aromatic carbocycles. The second-order valence-corrected chi connectivity index (χ2v) is 4.02. The highest BCUT2D eigenvalue weighted by Gasteiger charge is 2.27. The summed E-state index contributed by atoms with van der Waals surface area (Å²) in [6, 6.07) is 3.64. The maximum Gasteiger partial charge on any atom is 0.405 e. The first kappa shape index (κ1) is 13.6. The Balaban J connectivity index is 2.59. The van der Waals surface area contributed by atoms with E-state index >= 15 is 0 Å². The van der Waals surface area contributed by atoms with Gasteiger partial charge in [0.05, 0.1) is 5.69 Å². The Hall–Kier alpha value is -1.44. The average molecular weight is 312 g/mol. The van der Waals surface area contributed by atoms with Crippen LogP contribution in [-0.2, 0) is 0 Å². The molecule has 4 N–H and O–H groups in total. The molecule has 1 rings (SSSR count). The zero-order chi connectivity index (χ0) is 13.1. The van der Waals surface area contributed by atoms with Crippen LogP contribution in [0, 0.1) is 0 Å². The zero-order valence-corrected chi connectivity index (χ0v) is 10.0. The first-order valence-electron chi connectivity index (χ1n) is 4.44. The molecule has 0 aliphatic rings. The molecule has 94 valence electrons. The van der Waals surface area contributed by atoms with Gasteiger partial charge in [-0.05, 0) is 34.1 Å². The van der Waals surface area contributed by atoms with Crippen molar-refractivity contribution in [2.24, 2.45) is 0 Å². The van der Waals surface area contributed by atoms with Gasteiger partial charge in [-0.3, -0.25) is 0 Å². The Labute approximate surface area is 103 Å². The van der Waals surface area contributed by atoms with Gasteiger partial charge in [0.25, 0.3) is 0 Å². The van der Waals surface area contributed by atoms with Crippen molar-refractivity contribution in [2.45, 2.75) is 6.18 Å². The highest BCUT2D eigenvalue weighted by molar-refractivity contribution is 9.10. The zero-order valence-electron chi connectivity index (χ0n) is 8.44. The highest BCUT2D eigenvalue weighted by Crippen LogP contribution is 2.24. The molecule has 8 heteroatoms. The molecule has 2 amide bonds. The summed E-state index contributed by atoms with van der Waals surface area (Å²) in [5.74, 6) is 0. The first-order chi connectivity index (χ1) is 7.78. The van der Waals surface area contributed by atoms with Gasteiger partial charge in [0, 0.05) is 10.2 Å². The van der Waals surface area contributed by atoms with E-state index in [1.165, 1.54) is 6.07 Å². The third-order valence-corrected chi connectivity index (χ3v) is 2.38. The molecule has 0 bridgehead atoms. The van der Waals surface area contributed by atoms with E-state index in [0.717, 1.165) is 0 Å². The Morgan fingerprint density at radius 1 is 1.41 bits per heavy atom. The number of hydrogen-bond donors (Lipinski definition) is 3. The number of halogens is 4. The monoisotopic (exact) mass is 311 g/mol. The van der Waals surface area contributed by atoms with Crippen LogP contribution < -0.4 is 16.4 Å². The van der Waals surface area contributed by atoms with E-state index in [0.29, 0.717) is 15.8 Å². The first-order valence-corrected chi connectivity index (χ1v) is 5.24. The van der Waals surface area contributed by atoms with Crippen LogP contribution >= 0.6 is 15.9 Å².